The molecule has 42 heavy (non-hydrogen) atoms. The molecule has 0 saturated carbocycles. The van der Waals surface area contributed by atoms with Gasteiger partial charge >= 0.3 is 29.6 Å². The fourth-order valence-electron chi connectivity index (χ4n) is 4.22. The third-order valence-corrected chi connectivity index (χ3v) is 12.8. The number of thiazole rings is 1. The number of anilines is 1. The van der Waals surface area contributed by atoms with E-state index in [1.165, 1.54) is 32.6 Å². The molecule has 0 atom stereocenters. The van der Waals surface area contributed by atoms with E-state index in [2.05, 4.69) is 0 Å². The number of thioether (sulfide) groups is 5. The van der Waals surface area contributed by atoms with Gasteiger partial charge in [-0.3, -0.25) is 0 Å². The summed E-state index contributed by atoms with van der Waals surface area (Å²) in [6.45, 7) is 1.93. The fourth-order valence-corrected chi connectivity index (χ4v) is 11.0. The van der Waals surface area contributed by atoms with Gasteiger partial charge in [0.2, 0.25) is 11.4 Å². The summed E-state index contributed by atoms with van der Waals surface area (Å²) < 4.78 is 73.8. The molecule has 2 aromatic carbocycles. The molecular weight excluding hydrogens is 704 g/mol. The van der Waals surface area contributed by atoms with Crippen LogP contribution in [0.3, 0.4) is 0 Å². The topological polar surface area (TPSA) is 122 Å². The number of hydrogen-bond donors (Lipinski definition) is 0. The van der Waals surface area contributed by atoms with Crippen LogP contribution in [-0.2, 0) is 26.1 Å². The molecule has 0 fully saturated rings. The summed E-state index contributed by atoms with van der Waals surface area (Å²) >= 11 is 9.04. The molecule has 0 radical (unpaired) electrons. The van der Waals surface area contributed by atoms with Gasteiger partial charge in [0.1, 0.15) is 20.7 Å². The molecular formula is C25H27N2NaO6S8. The maximum Gasteiger partial charge on any atom is 1.00 e. The first kappa shape index (κ1) is 36.6. The van der Waals surface area contributed by atoms with Crippen LogP contribution in [0.4, 0.5) is 5.69 Å². The van der Waals surface area contributed by atoms with Crippen molar-refractivity contribution in [2.24, 2.45) is 0 Å². The summed E-state index contributed by atoms with van der Waals surface area (Å²) in [5.74, 6) is -1.43. The summed E-state index contributed by atoms with van der Waals surface area (Å²) in [7, 11) is -9.19. The molecule has 1 aliphatic heterocycles. The molecule has 8 nitrogen and oxygen atoms in total. The number of allylic oxidation sites excluding steroid dienone is 2. The zero-order chi connectivity index (χ0) is 30.1. The quantitative estimate of drug-likeness (QED) is 0.125. The molecule has 0 unspecified atom stereocenters. The number of aromatic nitrogens is 1. The van der Waals surface area contributed by atoms with Crippen LogP contribution in [-0.4, -0.2) is 56.8 Å². The van der Waals surface area contributed by atoms with E-state index >= 15 is 0 Å². The monoisotopic (exact) mass is 730 g/mol. The molecule has 2 heterocycles. The normalized spacial score (nSPS) is 15.0. The minimum atomic E-state index is -4.59. The average Bonchev–Trinajstić information content (AvgIpc) is 3.40. The van der Waals surface area contributed by atoms with Crippen LogP contribution in [0.5, 0.6) is 0 Å². The first-order valence-corrected chi connectivity index (χ1v) is 21.6. The van der Waals surface area contributed by atoms with Crippen molar-refractivity contribution >= 4 is 112 Å². The minimum Gasteiger partial charge on any atom is -0.747 e. The van der Waals surface area contributed by atoms with Gasteiger partial charge in [-0.05, 0) is 61.3 Å². The number of hydrogen-bond acceptors (Lipinski definition) is 13. The summed E-state index contributed by atoms with van der Waals surface area (Å²) in [6.07, 6.45) is 12.0. The van der Waals surface area contributed by atoms with Gasteiger partial charge in [-0.1, -0.05) is 30.0 Å². The second-order valence-corrected chi connectivity index (χ2v) is 16.9. The standard InChI is InChI=1S/C25H28N2O6S8.Na/c1-6-15(7-24-26(13-40(28,29)30)16-9-20(34-2)22(36-4)11-18(16)38-24)8-25-27(14-41(31,32)33)17-10-21(35-3)23(37-5)12-19(17)39-25;/h7-12H,6,13-14H2,1-5H3,(H-,28,29,30,31,32,33);/q;+1/p-1. The van der Waals surface area contributed by atoms with Crippen molar-refractivity contribution in [3.63, 3.8) is 0 Å². The maximum absolute atomic E-state index is 11.9. The first-order chi connectivity index (χ1) is 19.3. The van der Waals surface area contributed by atoms with Crippen LogP contribution < -0.4 is 39.0 Å². The SMILES string of the molecule is CCC(=Cc1sc2cc(SC)c(SC)cc2[n+]1CS(=O)(=O)[O-])C=C1Sc2cc(SC)c(SC)cc2N1CS(=O)(=O)[O-].[Na+]. The van der Waals surface area contributed by atoms with Crippen molar-refractivity contribution in [3.05, 3.63) is 46.0 Å². The number of benzene rings is 2. The van der Waals surface area contributed by atoms with Crippen molar-refractivity contribution in [1.29, 1.82) is 0 Å². The molecule has 1 aromatic heterocycles. The van der Waals surface area contributed by atoms with E-state index in [-0.39, 0.29) is 29.6 Å². The minimum absolute atomic E-state index is 0. The van der Waals surface area contributed by atoms with E-state index < -0.39 is 32.0 Å². The van der Waals surface area contributed by atoms with Crippen LogP contribution in [0.15, 0.2) is 65.4 Å². The molecule has 1 aliphatic rings. The van der Waals surface area contributed by atoms with Crippen LogP contribution in [0.1, 0.15) is 18.4 Å². The van der Waals surface area contributed by atoms with E-state index in [4.69, 9.17) is 0 Å². The Bertz CT molecular complexity index is 1770. The van der Waals surface area contributed by atoms with Crippen LogP contribution in [0.25, 0.3) is 16.3 Å². The molecule has 0 bridgehead atoms. The Morgan fingerprint density at radius 3 is 2.02 bits per heavy atom. The van der Waals surface area contributed by atoms with Crippen molar-refractivity contribution in [2.45, 2.75) is 43.7 Å². The number of fused-ring (bicyclic) bond motifs is 2. The van der Waals surface area contributed by atoms with Gasteiger partial charge in [-0.25, -0.2) is 16.8 Å². The maximum atomic E-state index is 11.9. The van der Waals surface area contributed by atoms with Crippen molar-refractivity contribution in [1.82, 2.24) is 0 Å². The second-order valence-electron chi connectivity index (χ2n) is 8.68. The Labute approximate surface area is 294 Å². The van der Waals surface area contributed by atoms with E-state index in [1.54, 1.807) is 47.0 Å². The first-order valence-electron chi connectivity index (χ1n) is 11.9. The zero-order valence-corrected chi connectivity index (χ0v) is 32.2. The predicted molar refractivity (Wildman–Crippen MR) is 175 cm³/mol. The fraction of sp³-hybridized carbons (Fsp3) is 0.320. The Morgan fingerprint density at radius 2 is 1.48 bits per heavy atom. The third kappa shape index (κ3) is 8.70. The van der Waals surface area contributed by atoms with Crippen molar-refractivity contribution in [2.75, 3.05) is 35.8 Å². The van der Waals surface area contributed by atoms with Gasteiger partial charge < -0.3 is 14.0 Å². The molecule has 3 aromatic rings. The van der Waals surface area contributed by atoms with Crippen LogP contribution in [0, 0.1) is 0 Å². The largest absolute Gasteiger partial charge is 1.00 e. The van der Waals surface area contributed by atoms with Gasteiger partial charge in [0.25, 0.3) is 5.01 Å². The molecule has 17 heteroatoms. The summed E-state index contributed by atoms with van der Waals surface area (Å²) in [5.41, 5.74) is 2.09. The van der Waals surface area contributed by atoms with Crippen molar-refractivity contribution in [3.8, 4) is 0 Å². The van der Waals surface area contributed by atoms with Gasteiger partial charge in [0, 0.05) is 36.6 Å². The Morgan fingerprint density at radius 1 is 0.905 bits per heavy atom. The van der Waals surface area contributed by atoms with E-state index in [0.717, 1.165) is 34.8 Å². The van der Waals surface area contributed by atoms with E-state index in [0.29, 0.717) is 27.7 Å². The van der Waals surface area contributed by atoms with Gasteiger partial charge in [-0.15, -0.1) is 47.0 Å². The van der Waals surface area contributed by atoms with Gasteiger partial charge in [0.05, 0.1) is 10.7 Å². The number of nitrogens with zero attached hydrogens (tertiary/aromatic N) is 2. The average molecular weight is 731 g/mol. The van der Waals surface area contributed by atoms with E-state index in [9.17, 15) is 25.9 Å². The molecule has 0 aliphatic carbocycles. The van der Waals surface area contributed by atoms with E-state index in [1.807, 2.05) is 68.4 Å². The third-order valence-electron chi connectivity index (χ3n) is 6.07. The molecule has 222 valence electrons. The van der Waals surface area contributed by atoms with Gasteiger partial charge in [-0.2, -0.15) is 4.57 Å². The zero-order valence-electron chi connectivity index (χ0n) is 23.7. The predicted octanol–water partition coefficient (Wildman–Crippen LogP) is 3.33. The molecule has 0 amide bonds. The van der Waals surface area contributed by atoms with Crippen LogP contribution >= 0.6 is 70.1 Å². The second kappa shape index (κ2) is 15.2. The van der Waals surface area contributed by atoms with Crippen LogP contribution in [0.2, 0.25) is 0 Å². The summed E-state index contributed by atoms with van der Waals surface area (Å²) in [5, 5.41) is 1.16. The Hall–Kier alpha value is 0.180. The van der Waals surface area contributed by atoms with Gasteiger partial charge in [0.15, 0.2) is 10.1 Å². The Balaban J connectivity index is 0.00000484. The Kier molecular flexibility index (Phi) is 13.2. The molecule has 4 rings (SSSR count). The molecule has 0 saturated heterocycles. The molecule has 0 spiro atoms. The molecule has 0 N–H and O–H groups in total. The smallest absolute Gasteiger partial charge is 0.747 e. The van der Waals surface area contributed by atoms with Crippen molar-refractivity contribution < 1.29 is 60.1 Å². The summed E-state index contributed by atoms with van der Waals surface area (Å²) in [4.78, 5) is 6.45. The summed E-state index contributed by atoms with van der Waals surface area (Å²) in [6, 6.07) is 7.82. The number of rotatable bonds is 11.